The molecule has 0 radical (unpaired) electrons. The van der Waals surface area contributed by atoms with Crippen molar-refractivity contribution >= 4 is 5.91 Å². The molecule has 3 aromatic heterocycles. The van der Waals surface area contributed by atoms with Gasteiger partial charge in [-0.05, 0) is 53.8 Å². The van der Waals surface area contributed by atoms with E-state index in [2.05, 4.69) is 31.0 Å². The zero-order valence-corrected chi connectivity index (χ0v) is 20.2. The van der Waals surface area contributed by atoms with Crippen molar-refractivity contribution in [3.05, 3.63) is 59.0 Å². The molecule has 0 fully saturated rings. The number of nitrogens with zero attached hydrogens (tertiary/aromatic N) is 7. The van der Waals surface area contributed by atoms with E-state index >= 15 is 0 Å². The molecule has 198 valence electrons. The first-order valence-electron chi connectivity index (χ1n) is 12.3. The van der Waals surface area contributed by atoms with E-state index in [1.165, 1.54) is 0 Å². The lowest BCUT2D eigenvalue weighted by molar-refractivity contribution is -0.136. The molecule has 0 bridgehead atoms. The zero-order valence-electron chi connectivity index (χ0n) is 20.2. The third-order valence-electron chi connectivity index (χ3n) is 7.02. The van der Waals surface area contributed by atoms with Crippen LogP contribution >= 0.6 is 0 Å². The molecule has 2 aliphatic rings. The molecule has 4 heterocycles. The van der Waals surface area contributed by atoms with Crippen LogP contribution in [-0.4, -0.2) is 58.9 Å². The summed E-state index contributed by atoms with van der Waals surface area (Å²) in [4.78, 5) is 13.6. The molecular formula is C24H24F3N9O2. The Labute approximate surface area is 214 Å². The normalized spacial score (nSPS) is 18.4. The lowest BCUT2D eigenvalue weighted by Crippen LogP contribution is -2.49. The van der Waals surface area contributed by atoms with Gasteiger partial charge in [0.15, 0.2) is 0 Å². The molecular weight excluding hydrogens is 503 g/mol. The fraction of sp³-hybridized carbons (Fsp3) is 0.417. The summed E-state index contributed by atoms with van der Waals surface area (Å²) in [6, 6.07) is 7.32. The van der Waals surface area contributed by atoms with E-state index in [9.17, 15) is 18.0 Å². The van der Waals surface area contributed by atoms with Gasteiger partial charge in [-0.15, -0.1) is 10.2 Å². The van der Waals surface area contributed by atoms with Crippen LogP contribution in [0.5, 0.6) is 5.75 Å². The largest absolute Gasteiger partial charge is 0.494 e. The highest BCUT2D eigenvalue weighted by Crippen LogP contribution is 2.44. The Morgan fingerprint density at radius 1 is 1.21 bits per heavy atom. The molecule has 6 rings (SSSR count). The van der Waals surface area contributed by atoms with Crippen molar-refractivity contribution in [2.24, 2.45) is 0 Å². The Morgan fingerprint density at radius 2 is 2.11 bits per heavy atom. The maximum Gasteiger partial charge on any atom is 0.389 e. The standard InChI is InChI=1S/C24H24F3N9O2/c25-24(26,27)6-1-12-38-16-3-4-17-15(13-16)5-7-23(17)14-18-19(22(37)29-23)20(21-30-33-34-31-21)36(32-18)11-10-35-9-2-8-28-35/h2-4,8-9,13H,1,5-7,10-12,14H2,(H,29,37)(H,30,31,33,34)/t23-/m0/s1. The van der Waals surface area contributed by atoms with Crippen molar-refractivity contribution in [2.45, 2.75) is 56.9 Å². The monoisotopic (exact) mass is 527 g/mol. The first-order chi connectivity index (χ1) is 18.3. The number of H-pyrrole nitrogens is 1. The minimum atomic E-state index is -4.19. The molecule has 1 aliphatic carbocycles. The third kappa shape index (κ3) is 4.50. The van der Waals surface area contributed by atoms with Crippen molar-refractivity contribution in [1.82, 2.24) is 45.5 Å². The molecule has 38 heavy (non-hydrogen) atoms. The topological polar surface area (TPSA) is 128 Å². The van der Waals surface area contributed by atoms with Crippen LogP contribution in [0.15, 0.2) is 36.7 Å². The molecule has 14 heteroatoms. The van der Waals surface area contributed by atoms with Crippen molar-refractivity contribution in [1.29, 1.82) is 0 Å². The predicted octanol–water partition coefficient (Wildman–Crippen LogP) is 2.81. The van der Waals surface area contributed by atoms with Gasteiger partial charge in [0, 0.05) is 25.2 Å². The van der Waals surface area contributed by atoms with Crippen LogP contribution in [0.1, 0.15) is 46.4 Å². The predicted molar refractivity (Wildman–Crippen MR) is 126 cm³/mol. The number of hydrogen-bond acceptors (Lipinski definition) is 7. The highest BCUT2D eigenvalue weighted by molar-refractivity contribution is 6.02. The van der Waals surface area contributed by atoms with E-state index in [0.29, 0.717) is 55.1 Å². The number of carbonyl (C=O) groups excluding carboxylic acids is 1. The van der Waals surface area contributed by atoms with Crippen LogP contribution in [0.25, 0.3) is 11.5 Å². The fourth-order valence-electron chi connectivity index (χ4n) is 5.36. The zero-order chi connectivity index (χ0) is 26.3. The van der Waals surface area contributed by atoms with Gasteiger partial charge in [0.2, 0.25) is 5.82 Å². The van der Waals surface area contributed by atoms with Crippen LogP contribution in [0.3, 0.4) is 0 Å². The van der Waals surface area contributed by atoms with Crippen LogP contribution in [0, 0.1) is 0 Å². The van der Waals surface area contributed by atoms with E-state index in [1.807, 2.05) is 24.4 Å². The lowest BCUT2D eigenvalue weighted by atomic mass is 9.82. The second-order valence-corrected chi connectivity index (χ2v) is 9.50. The highest BCUT2D eigenvalue weighted by atomic mass is 19.4. The number of hydrogen-bond donors (Lipinski definition) is 2. The minimum absolute atomic E-state index is 0.0155. The second-order valence-electron chi connectivity index (χ2n) is 9.50. The molecule has 4 aromatic rings. The maximum atomic E-state index is 13.6. The summed E-state index contributed by atoms with van der Waals surface area (Å²) in [6.07, 6.45) is 0.217. The van der Waals surface area contributed by atoms with E-state index in [4.69, 9.17) is 9.84 Å². The number of amides is 1. The maximum absolute atomic E-state index is 13.6. The highest BCUT2D eigenvalue weighted by Gasteiger charge is 2.47. The number of aromatic nitrogens is 8. The third-order valence-corrected chi connectivity index (χ3v) is 7.02. The molecule has 1 atom stereocenters. The van der Waals surface area contributed by atoms with Crippen LogP contribution in [0.2, 0.25) is 0 Å². The Hall–Kier alpha value is -4.23. The Kier molecular flexibility index (Phi) is 5.88. The van der Waals surface area contributed by atoms with Gasteiger partial charge in [0.05, 0.1) is 36.5 Å². The Bertz CT molecular complexity index is 1450. The number of fused-ring (bicyclic) bond motifs is 3. The molecule has 1 amide bonds. The smallest absolute Gasteiger partial charge is 0.389 e. The number of halogens is 3. The molecule has 1 aliphatic heterocycles. The first kappa shape index (κ1) is 24.1. The van der Waals surface area contributed by atoms with Crippen LogP contribution in [0.4, 0.5) is 13.2 Å². The number of carbonyl (C=O) groups is 1. The molecule has 1 spiro atoms. The lowest BCUT2D eigenvalue weighted by Gasteiger charge is -2.35. The van der Waals surface area contributed by atoms with Gasteiger partial charge in [0.1, 0.15) is 11.4 Å². The van der Waals surface area contributed by atoms with Gasteiger partial charge in [0.25, 0.3) is 5.91 Å². The number of alkyl halides is 3. The van der Waals surface area contributed by atoms with Crippen molar-refractivity contribution < 1.29 is 22.7 Å². The summed E-state index contributed by atoms with van der Waals surface area (Å²) >= 11 is 0. The Morgan fingerprint density at radius 3 is 2.87 bits per heavy atom. The molecule has 11 nitrogen and oxygen atoms in total. The van der Waals surface area contributed by atoms with Crippen molar-refractivity contribution in [3.8, 4) is 17.3 Å². The van der Waals surface area contributed by atoms with Crippen molar-refractivity contribution in [2.75, 3.05) is 6.61 Å². The second kappa shape index (κ2) is 9.26. The molecule has 0 unspecified atom stereocenters. The van der Waals surface area contributed by atoms with E-state index in [0.717, 1.165) is 11.1 Å². The number of aromatic amines is 1. The number of aryl methyl sites for hydroxylation is 3. The summed E-state index contributed by atoms with van der Waals surface area (Å²) in [5.74, 6) is 0.536. The number of tetrazole rings is 1. The molecule has 1 aromatic carbocycles. The van der Waals surface area contributed by atoms with Crippen LogP contribution in [-0.2, 0) is 31.5 Å². The van der Waals surface area contributed by atoms with Gasteiger partial charge >= 0.3 is 6.18 Å². The van der Waals surface area contributed by atoms with E-state index in [-0.39, 0.29) is 24.8 Å². The van der Waals surface area contributed by atoms with Crippen molar-refractivity contribution in [3.63, 3.8) is 0 Å². The molecule has 0 saturated heterocycles. The summed E-state index contributed by atoms with van der Waals surface area (Å²) in [7, 11) is 0. The fourth-order valence-corrected chi connectivity index (χ4v) is 5.36. The average Bonchev–Trinajstić information content (AvgIpc) is 3.67. The number of ether oxygens (including phenoxy) is 1. The quantitative estimate of drug-likeness (QED) is 0.337. The number of benzene rings is 1. The van der Waals surface area contributed by atoms with E-state index < -0.39 is 18.1 Å². The van der Waals surface area contributed by atoms with E-state index in [1.54, 1.807) is 21.6 Å². The first-order valence-corrected chi connectivity index (χ1v) is 12.3. The van der Waals surface area contributed by atoms with Gasteiger partial charge in [-0.2, -0.15) is 28.6 Å². The van der Waals surface area contributed by atoms with Gasteiger partial charge in [-0.3, -0.25) is 14.2 Å². The number of nitrogens with one attached hydrogen (secondary N) is 2. The summed E-state index contributed by atoms with van der Waals surface area (Å²) in [5, 5.41) is 26.6. The SMILES string of the molecule is O=C1N[C@@]2(CCc3cc(OCCCC(F)(F)F)ccc32)Cc2nn(CCn3cccn3)c(-c3nn[nH]n3)c21. The van der Waals surface area contributed by atoms with Gasteiger partial charge in [-0.25, -0.2) is 0 Å². The van der Waals surface area contributed by atoms with Crippen LogP contribution < -0.4 is 10.1 Å². The Balaban J connectivity index is 1.26. The minimum Gasteiger partial charge on any atom is -0.494 e. The molecule has 2 N–H and O–H groups in total. The molecule has 0 saturated carbocycles. The van der Waals surface area contributed by atoms with Gasteiger partial charge < -0.3 is 10.1 Å². The summed E-state index contributed by atoms with van der Waals surface area (Å²) in [6.45, 7) is 0.975. The number of rotatable bonds is 8. The summed E-state index contributed by atoms with van der Waals surface area (Å²) in [5.41, 5.74) is 2.90. The van der Waals surface area contributed by atoms with Gasteiger partial charge in [-0.1, -0.05) is 6.07 Å². The average molecular weight is 528 g/mol. The summed E-state index contributed by atoms with van der Waals surface area (Å²) < 4.78 is 46.3.